The number of piperidine rings is 1. The van der Waals surface area contributed by atoms with Gasteiger partial charge in [-0.25, -0.2) is 4.39 Å². The summed E-state index contributed by atoms with van der Waals surface area (Å²) in [6.07, 6.45) is 2.67. The molecule has 124 valence electrons. The van der Waals surface area contributed by atoms with Crippen LogP contribution in [0, 0.1) is 5.82 Å². The van der Waals surface area contributed by atoms with Crippen molar-refractivity contribution in [3.05, 3.63) is 34.6 Å². The average molecular weight is 339 g/mol. The van der Waals surface area contributed by atoms with Gasteiger partial charge in [-0.15, -0.1) is 0 Å². The van der Waals surface area contributed by atoms with Crippen LogP contribution >= 0.6 is 11.6 Å². The third-order valence-corrected chi connectivity index (χ3v) is 4.96. The summed E-state index contributed by atoms with van der Waals surface area (Å²) in [5.74, 6) is -0.524. The Labute approximate surface area is 140 Å². The third-order valence-electron chi connectivity index (χ3n) is 4.64. The summed E-state index contributed by atoms with van der Waals surface area (Å²) in [6, 6.07) is 4.85. The molecule has 0 aliphatic carbocycles. The van der Waals surface area contributed by atoms with Crippen molar-refractivity contribution in [1.82, 2.24) is 4.90 Å². The van der Waals surface area contributed by atoms with Gasteiger partial charge >= 0.3 is 0 Å². The van der Waals surface area contributed by atoms with E-state index in [0.29, 0.717) is 5.71 Å². The zero-order valence-electron chi connectivity index (χ0n) is 13.3. The highest BCUT2D eigenvalue weighted by Gasteiger charge is 2.38. The van der Waals surface area contributed by atoms with Gasteiger partial charge in [0.25, 0.3) is 5.91 Å². The highest BCUT2D eigenvalue weighted by Crippen LogP contribution is 2.29. The first-order valence-electron chi connectivity index (χ1n) is 7.98. The normalized spacial score (nSPS) is 27.6. The van der Waals surface area contributed by atoms with Crippen LogP contribution in [-0.4, -0.2) is 34.7 Å². The van der Waals surface area contributed by atoms with Gasteiger partial charge in [-0.1, -0.05) is 22.8 Å². The van der Waals surface area contributed by atoms with E-state index in [-0.39, 0.29) is 35.0 Å². The van der Waals surface area contributed by atoms with Crippen LogP contribution in [0.5, 0.6) is 0 Å². The van der Waals surface area contributed by atoms with Gasteiger partial charge in [-0.3, -0.25) is 4.79 Å². The first kappa shape index (κ1) is 16.2. The predicted octanol–water partition coefficient (Wildman–Crippen LogP) is 3.76. The van der Waals surface area contributed by atoms with Crippen LogP contribution in [-0.2, 0) is 9.63 Å². The van der Waals surface area contributed by atoms with Crippen molar-refractivity contribution in [2.24, 2.45) is 5.16 Å². The lowest BCUT2D eigenvalue weighted by atomic mass is 9.95. The fourth-order valence-corrected chi connectivity index (χ4v) is 3.73. The molecule has 0 aromatic heterocycles. The number of carbonyl (C=O) groups is 1. The lowest BCUT2D eigenvalue weighted by Crippen LogP contribution is -2.51. The predicted molar refractivity (Wildman–Crippen MR) is 87.1 cm³/mol. The Hall–Kier alpha value is -1.62. The number of amides is 1. The molecular weight excluding hydrogens is 319 g/mol. The molecule has 4 nitrogen and oxygen atoms in total. The molecule has 2 aliphatic heterocycles. The van der Waals surface area contributed by atoms with Crippen LogP contribution in [0.1, 0.15) is 45.1 Å². The van der Waals surface area contributed by atoms with Crippen LogP contribution in [0.25, 0.3) is 0 Å². The van der Waals surface area contributed by atoms with Crippen molar-refractivity contribution in [1.29, 1.82) is 0 Å². The first-order valence-corrected chi connectivity index (χ1v) is 8.36. The minimum Gasteiger partial charge on any atom is -0.382 e. The fraction of sp³-hybridized carbons (Fsp3) is 0.529. The van der Waals surface area contributed by atoms with E-state index in [9.17, 15) is 9.18 Å². The fourth-order valence-electron chi connectivity index (χ4n) is 3.45. The molecule has 0 saturated carbocycles. The van der Waals surface area contributed by atoms with Gasteiger partial charge in [0, 0.05) is 18.5 Å². The molecule has 1 aromatic rings. The van der Waals surface area contributed by atoms with Crippen LogP contribution in [0.15, 0.2) is 23.4 Å². The zero-order chi connectivity index (χ0) is 16.6. The molecule has 3 rings (SSSR count). The second-order valence-electron chi connectivity index (χ2n) is 6.31. The van der Waals surface area contributed by atoms with E-state index in [1.807, 2.05) is 4.90 Å². The van der Waals surface area contributed by atoms with Crippen molar-refractivity contribution in [2.45, 2.75) is 57.7 Å². The van der Waals surface area contributed by atoms with Crippen LogP contribution in [0.3, 0.4) is 0 Å². The number of benzene rings is 1. The van der Waals surface area contributed by atoms with Gasteiger partial charge in [0.05, 0.1) is 16.3 Å². The number of oxime groups is 1. The highest BCUT2D eigenvalue weighted by atomic mass is 35.5. The third kappa shape index (κ3) is 3.07. The van der Waals surface area contributed by atoms with E-state index in [4.69, 9.17) is 16.4 Å². The Morgan fingerprint density at radius 3 is 2.70 bits per heavy atom. The van der Waals surface area contributed by atoms with Crippen molar-refractivity contribution < 1.29 is 14.0 Å². The molecule has 0 unspecified atom stereocenters. The van der Waals surface area contributed by atoms with Crippen molar-refractivity contribution in [3.63, 3.8) is 0 Å². The number of carbonyl (C=O) groups excluding carboxylic acids is 1. The summed E-state index contributed by atoms with van der Waals surface area (Å²) in [5.41, 5.74) is 0.618. The molecule has 1 aromatic carbocycles. The van der Waals surface area contributed by atoms with Crippen LogP contribution in [0.4, 0.5) is 4.39 Å². The van der Waals surface area contributed by atoms with Crippen molar-refractivity contribution in [3.8, 4) is 0 Å². The van der Waals surface area contributed by atoms with Crippen LogP contribution < -0.4 is 0 Å². The average Bonchev–Trinajstić information content (AvgIpc) is 2.96. The first-order chi connectivity index (χ1) is 11.0. The van der Waals surface area contributed by atoms with Gasteiger partial charge in [-0.2, -0.15) is 0 Å². The molecule has 0 spiro atoms. The topological polar surface area (TPSA) is 41.9 Å². The Bertz CT molecular complexity index is 619. The van der Waals surface area contributed by atoms with Gasteiger partial charge in [0.15, 0.2) is 0 Å². The number of hydrogen-bond acceptors (Lipinski definition) is 3. The minimum absolute atomic E-state index is 0.0732. The summed E-state index contributed by atoms with van der Waals surface area (Å²) < 4.78 is 14.0. The van der Waals surface area contributed by atoms with Crippen LogP contribution in [0.2, 0.25) is 5.02 Å². The van der Waals surface area contributed by atoms with Gasteiger partial charge in [0.2, 0.25) is 6.10 Å². The molecule has 6 heteroatoms. The summed E-state index contributed by atoms with van der Waals surface area (Å²) in [4.78, 5) is 20.0. The van der Waals surface area contributed by atoms with Crippen molar-refractivity contribution >= 4 is 23.2 Å². The molecule has 0 N–H and O–H groups in total. The van der Waals surface area contributed by atoms with Crippen molar-refractivity contribution in [2.75, 3.05) is 0 Å². The number of halogens is 2. The summed E-state index contributed by atoms with van der Waals surface area (Å²) in [6.45, 7) is 4.11. The van der Waals surface area contributed by atoms with E-state index < -0.39 is 11.9 Å². The quantitative estimate of drug-likeness (QED) is 0.824. The van der Waals surface area contributed by atoms with E-state index >= 15 is 0 Å². The maximum Gasteiger partial charge on any atom is 0.267 e. The highest BCUT2D eigenvalue weighted by molar-refractivity contribution is 6.34. The SMILES string of the molecule is C[C@@H]1CCC[C@@H](C)N1C(=O)[C@@H]1CC(c2c(F)cccc2Cl)=NO1. The minimum atomic E-state index is -0.691. The van der Waals surface area contributed by atoms with E-state index in [0.717, 1.165) is 19.3 Å². The molecule has 23 heavy (non-hydrogen) atoms. The number of hydrogen-bond donors (Lipinski definition) is 0. The molecule has 3 atom stereocenters. The number of nitrogens with zero attached hydrogens (tertiary/aromatic N) is 2. The van der Waals surface area contributed by atoms with Gasteiger partial charge in [-0.05, 0) is 45.2 Å². The molecule has 1 amide bonds. The monoisotopic (exact) mass is 338 g/mol. The Balaban J connectivity index is 1.75. The summed E-state index contributed by atoms with van der Waals surface area (Å²) in [7, 11) is 0. The molecule has 1 fully saturated rings. The second-order valence-corrected chi connectivity index (χ2v) is 6.71. The van der Waals surface area contributed by atoms with Gasteiger partial charge in [0.1, 0.15) is 5.82 Å². The number of rotatable bonds is 2. The molecule has 2 heterocycles. The Kier molecular flexibility index (Phi) is 4.57. The maximum absolute atomic E-state index is 14.0. The standard InChI is InChI=1S/C17H20ClFN2O2/c1-10-5-3-6-11(2)21(10)17(22)15-9-14(20-23-15)16-12(18)7-4-8-13(16)19/h4,7-8,10-11,15H,3,5-6,9H2,1-2H3/t10-,11-,15+/m1/s1. The second kappa shape index (κ2) is 6.48. The summed E-state index contributed by atoms with van der Waals surface area (Å²) >= 11 is 6.06. The summed E-state index contributed by atoms with van der Waals surface area (Å²) in [5, 5.41) is 4.20. The zero-order valence-corrected chi connectivity index (χ0v) is 14.0. The van der Waals surface area contributed by atoms with E-state index in [2.05, 4.69) is 19.0 Å². The lowest BCUT2D eigenvalue weighted by Gasteiger charge is -2.39. The molecular formula is C17H20ClFN2O2. The van der Waals surface area contributed by atoms with Gasteiger partial charge < -0.3 is 9.74 Å². The molecule has 2 aliphatic rings. The lowest BCUT2D eigenvalue weighted by molar-refractivity contribution is -0.148. The largest absolute Gasteiger partial charge is 0.382 e. The van der Waals surface area contributed by atoms with E-state index in [1.165, 1.54) is 12.1 Å². The number of likely N-dealkylation sites (tertiary alicyclic amines) is 1. The molecule has 0 bridgehead atoms. The molecule has 0 radical (unpaired) electrons. The van der Waals surface area contributed by atoms with E-state index in [1.54, 1.807) is 6.07 Å². The Morgan fingerprint density at radius 2 is 2.04 bits per heavy atom. The Morgan fingerprint density at radius 1 is 1.35 bits per heavy atom. The molecule has 1 saturated heterocycles. The maximum atomic E-state index is 14.0. The smallest absolute Gasteiger partial charge is 0.267 e.